The molecule has 0 aliphatic heterocycles. The summed E-state index contributed by atoms with van der Waals surface area (Å²) in [7, 11) is 3.99. The number of hydrogen-bond acceptors (Lipinski definition) is 6. The molecule has 0 spiro atoms. The number of carbonyl (C=O) groups is 1. The molecule has 4 N–H and O–H groups in total. The van der Waals surface area contributed by atoms with Crippen LogP contribution in [0.3, 0.4) is 0 Å². The minimum atomic E-state index is -0.294. The molecular weight excluding hydrogens is 454 g/mol. The summed E-state index contributed by atoms with van der Waals surface area (Å²) in [6.07, 6.45) is 2.58. The van der Waals surface area contributed by atoms with Gasteiger partial charge in [0.05, 0.1) is 23.8 Å². The van der Waals surface area contributed by atoms with Crippen molar-refractivity contribution in [2.75, 3.05) is 26.0 Å². The quantitative estimate of drug-likeness (QED) is 0.273. The van der Waals surface area contributed by atoms with Gasteiger partial charge in [-0.15, -0.1) is 0 Å². The molecule has 4 aromatic rings. The van der Waals surface area contributed by atoms with E-state index >= 15 is 0 Å². The van der Waals surface area contributed by atoms with Crippen LogP contribution in [0.15, 0.2) is 53.5 Å². The minimum absolute atomic E-state index is 0.0267. The molecule has 4 rings (SSSR count). The van der Waals surface area contributed by atoms with Crippen molar-refractivity contribution in [3.63, 3.8) is 0 Å². The Kier molecular flexibility index (Phi) is 7.80. The van der Waals surface area contributed by atoms with Gasteiger partial charge < -0.3 is 20.5 Å². The molecule has 0 saturated heterocycles. The Balaban J connectivity index is 1.45. The van der Waals surface area contributed by atoms with Crippen LogP contribution in [0.25, 0.3) is 10.9 Å². The van der Waals surface area contributed by atoms with Crippen LogP contribution < -0.4 is 16.2 Å². The van der Waals surface area contributed by atoms with E-state index in [-0.39, 0.29) is 29.7 Å². The van der Waals surface area contributed by atoms with Gasteiger partial charge in [-0.3, -0.25) is 14.7 Å². The summed E-state index contributed by atoms with van der Waals surface area (Å²) in [4.78, 5) is 34.9. The van der Waals surface area contributed by atoms with Crippen LogP contribution in [-0.2, 0) is 24.2 Å². The van der Waals surface area contributed by atoms with Gasteiger partial charge in [0.15, 0.2) is 5.82 Å². The van der Waals surface area contributed by atoms with Gasteiger partial charge in [-0.2, -0.15) is 5.10 Å². The van der Waals surface area contributed by atoms with Gasteiger partial charge in [0.25, 0.3) is 5.56 Å². The molecule has 0 bridgehead atoms. The molecule has 0 fully saturated rings. The third-order valence-electron chi connectivity index (χ3n) is 6.15. The lowest BCUT2D eigenvalue weighted by atomic mass is 10.1. The predicted octanol–water partition coefficient (Wildman–Crippen LogP) is 2.71. The monoisotopic (exact) mass is 487 g/mol. The molecule has 0 aliphatic rings. The number of rotatable bonds is 10. The van der Waals surface area contributed by atoms with Crippen molar-refractivity contribution in [1.82, 2.24) is 30.4 Å². The molecule has 0 unspecified atom stereocenters. The van der Waals surface area contributed by atoms with Crippen LogP contribution in [0.1, 0.15) is 28.1 Å². The number of carbonyl (C=O) groups excluding carboxylic acids is 1. The number of benzene rings is 2. The molecule has 0 radical (unpaired) electrons. The predicted molar refractivity (Wildman–Crippen MR) is 142 cm³/mol. The lowest BCUT2D eigenvalue weighted by Gasteiger charge is -2.23. The van der Waals surface area contributed by atoms with Crippen molar-refractivity contribution in [1.29, 1.82) is 0 Å². The number of hydrogen-bond donors (Lipinski definition) is 4. The fraction of sp³-hybridized carbons (Fsp3) is 0.333. The van der Waals surface area contributed by atoms with Gasteiger partial charge in [-0.25, -0.2) is 4.98 Å². The Morgan fingerprint density at radius 3 is 2.67 bits per heavy atom. The maximum atomic E-state index is 12.8. The van der Waals surface area contributed by atoms with Crippen molar-refractivity contribution >= 4 is 22.6 Å². The van der Waals surface area contributed by atoms with Crippen molar-refractivity contribution in [2.24, 2.45) is 0 Å². The zero-order valence-electron chi connectivity index (χ0n) is 21.2. The van der Waals surface area contributed by atoms with Crippen LogP contribution in [0.5, 0.6) is 0 Å². The Bertz CT molecular complexity index is 1390. The molecule has 9 heteroatoms. The molecule has 1 atom stereocenters. The fourth-order valence-corrected chi connectivity index (χ4v) is 4.28. The Morgan fingerprint density at radius 2 is 1.92 bits per heavy atom. The van der Waals surface area contributed by atoms with Crippen molar-refractivity contribution in [3.8, 4) is 0 Å². The fourth-order valence-electron chi connectivity index (χ4n) is 4.28. The van der Waals surface area contributed by atoms with Crippen molar-refractivity contribution in [3.05, 3.63) is 87.1 Å². The summed E-state index contributed by atoms with van der Waals surface area (Å²) >= 11 is 0. The molecule has 0 aliphatic carbocycles. The maximum absolute atomic E-state index is 12.8. The summed E-state index contributed by atoms with van der Waals surface area (Å²) < 4.78 is 0. The summed E-state index contributed by atoms with van der Waals surface area (Å²) in [5.41, 5.74) is 5.07. The van der Waals surface area contributed by atoms with Crippen LogP contribution in [0.4, 0.5) is 5.82 Å². The van der Waals surface area contributed by atoms with Crippen molar-refractivity contribution < 1.29 is 4.79 Å². The van der Waals surface area contributed by atoms with E-state index in [9.17, 15) is 9.59 Å². The van der Waals surface area contributed by atoms with Crippen molar-refractivity contribution in [2.45, 2.75) is 39.3 Å². The largest absolute Gasteiger partial charge is 0.361 e. The van der Waals surface area contributed by atoms with Crippen LogP contribution in [0.2, 0.25) is 0 Å². The van der Waals surface area contributed by atoms with Gasteiger partial charge in [-0.05, 0) is 63.2 Å². The number of anilines is 1. The number of nitrogens with one attached hydrogen (secondary N) is 4. The zero-order valence-corrected chi connectivity index (χ0v) is 21.2. The first-order valence-electron chi connectivity index (χ1n) is 12.0. The Hall–Kier alpha value is -3.98. The number of H-pyrrole nitrogens is 2. The van der Waals surface area contributed by atoms with E-state index in [4.69, 9.17) is 0 Å². The smallest absolute Gasteiger partial charge is 0.290 e. The Labute approximate surface area is 210 Å². The molecule has 1 amide bonds. The highest BCUT2D eigenvalue weighted by Gasteiger charge is 2.17. The molecule has 2 aromatic heterocycles. The molecule has 2 aromatic carbocycles. The number of amides is 1. The second-order valence-electron chi connectivity index (χ2n) is 9.47. The number of aromatic amines is 2. The minimum Gasteiger partial charge on any atom is -0.361 e. The van der Waals surface area contributed by atoms with Crippen LogP contribution >= 0.6 is 0 Å². The topological polar surface area (TPSA) is 119 Å². The number of nitrogens with zero attached hydrogens (tertiary/aromatic N) is 3. The highest BCUT2D eigenvalue weighted by atomic mass is 16.1. The third kappa shape index (κ3) is 6.37. The van der Waals surface area contributed by atoms with Gasteiger partial charge >= 0.3 is 0 Å². The summed E-state index contributed by atoms with van der Waals surface area (Å²) in [6.45, 7) is 4.90. The SMILES string of the molecule is Cc1cc2[nH]ncc2cc1CNC(=O)Cc1nc(N[C@@H](Cc2ccccc2)CN(C)C)c(=O)[nH]c1C. The molecule has 0 saturated carbocycles. The van der Waals surface area contributed by atoms with E-state index in [1.807, 2.05) is 51.4 Å². The standard InChI is InChI=1S/C27H33N7O2/c1-17-10-24-21(15-29-33-24)12-20(17)14-28-25(35)13-23-18(2)30-27(36)26(32-23)31-22(16-34(3)4)11-19-8-6-5-7-9-19/h5-10,12,15,22H,11,13-14,16H2,1-4H3,(H,28,35)(H,29,33)(H,30,36)(H,31,32)/t22-/m0/s1. The average molecular weight is 488 g/mol. The van der Waals surface area contributed by atoms with E-state index in [2.05, 4.69) is 47.8 Å². The average Bonchev–Trinajstić information content (AvgIpc) is 3.28. The summed E-state index contributed by atoms with van der Waals surface area (Å²) in [6, 6.07) is 14.2. The maximum Gasteiger partial charge on any atom is 0.290 e. The first-order valence-corrected chi connectivity index (χ1v) is 12.0. The molecular formula is C27H33N7O2. The number of aryl methyl sites for hydroxylation is 2. The van der Waals surface area contributed by atoms with E-state index in [0.29, 0.717) is 17.9 Å². The molecule has 9 nitrogen and oxygen atoms in total. The summed E-state index contributed by atoms with van der Waals surface area (Å²) in [5, 5.41) is 14.3. The highest BCUT2D eigenvalue weighted by molar-refractivity contribution is 5.81. The van der Waals surface area contributed by atoms with Crippen LogP contribution in [-0.4, -0.2) is 57.7 Å². The first kappa shape index (κ1) is 25.1. The van der Waals surface area contributed by atoms with E-state index in [0.717, 1.165) is 35.0 Å². The molecule has 2 heterocycles. The van der Waals surface area contributed by atoms with Crippen LogP contribution in [0, 0.1) is 13.8 Å². The highest BCUT2D eigenvalue weighted by Crippen LogP contribution is 2.17. The van der Waals surface area contributed by atoms with E-state index in [1.54, 1.807) is 13.1 Å². The van der Waals surface area contributed by atoms with Gasteiger partial charge in [0.2, 0.25) is 5.91 Å². The Morgan fingerprint density at radius 1 is 1.14 bits per heavy atom. The zero-order chi connectivity index (χ0) is 25.7. The lowest BCUT2D eigenvalue weighted by Crippen LogP contribution is -2.37. The van der Waals surface area contributed by atoms with E-state index in [1.165, 1.54) is 5.56 Å². The lowest BCUT2D eigenvalue weighted by molar-refractivity contribution is -0.120. The number of likely N-dealkylation sites (N-methyl/N-ethyl adjacent to an activating group) is 1. The number of fused-ring (bicyclic) bond motifs is 1. The summed E-state index contributed by atoms with van der Waals surface area (Å²) in [5.74, 6) is 0.0665. The van der Waals surface area contributed by atoms with Gasteiger partial charge in [0, 0.05) is 30.2 Å². The molecule has 188 valence electrons. The van der Waals surface area contributed by atoms with E-state index < -0.39 is 0 Å². The van der Waals surface area contributed by atoms with Gasteiger partial charge in [-0.1, -0.05) is 30.3 Å². The second kappa shape index (κ2) is 11.2. The van der Waals surface area contributed by atoms with Gasteiger partial charge in [0.1, 0.15) is 0 Å². The third-order valence-corrected chi connectivity index (χ3v) is 6.15. The normalized spacial score (nSPS) is 12.1. The second-order valence-corrected chi connectivity index (χ2v) is 9.47. The number of aromatic nitrogens is 4. The first-order chi connectivity index (χ1) is 17.3. The molecule has 36 heavy (non-hydrogen) atoms.